The number of aryl methyl sites for hydroxylation is 1. The Bertz CT molecular complexity index is 661. The lowest BCUT2D eigenvalue weighted by Gasteiger charge is -2.04. The molecule has 0 spiro atoms. The normalized spacial score (nSPS) is 11.0. The fraction of sp³-hybridized carbons (Fsp3) is 0.350. The smallest absolute Gasteiger partial charge is 0.328 e. The molecule has 1 N–H and O–H groups in total. The molecule has 0 fully saturated rings. The van der Waals surface area contributed by atoms with Crippen molar-refractivity contribution in [1.82, 2.24) is 9.97 Å². The van der Waals surface area contributed by atoms with E-state index in [1.54, 1.807) is 6.08 Å². The number of hydrogen-bond donors (Lipinski definition) is 1. The van der Waals surface area contributed by atoms with Crippen molar-refractivity contribution in [2.45, 2.75) is 45.4 Å². The molecule has 0 amide bonds. The second-order valence-electron chi connectivity index (χ2n) is 5.87. The first-order valence-electron chi connectivity index (χ1n) is 8.51. The van der Waals surface area contributed by atoms with Gasteiger partial charge in [0.25, 0.3) is 0 Å². The molecule has 0 radical (unpaired) electrons. The molecule has 126 valence electrons. The Labute approximate surface area is 143 Å². The van der Waals surface area contributed by atoms with Crippen molar-refractivity contribution in [3.8, 4) is 11.4 Å². The summed E-state index contributed by atoms with van der Waals surface area (Å²) in [7, 11) is 0. The maximum absolute atomic E-state index is 10.5. The van der Waals surface area contributed by atoms with Crippen LogP contribution >= 0.6 is 0 Å². The van der Waals surface area contributed by atoms with E-state index in [1.807, 2.05) is 36.7 Å². The van der Waals surface area contributed by atoms with E-state index in [2.05, 4.69) is 16.9 Å². The number of unbranched alkanes of at least 4 members (excludes halogenated alkanes) is 4. The third kappa shape index (κ3) is 5.95. The van der Waals surface area contributed by atoms with Gasteiger partial charge in [-0.25, -0.2) is 14.8 Å². The molecule has 1 aromatic heterocycles. The predicted molar refractivity (Wildman–Crippen MR) is 96.6 cm³/mol. The van der Waals surface area contributed by atoms with Crippen LogP contribution in [0.1, 0.15) is 50.2 Å². The maximum atomic E-state index is 10.5. The van der Waals surface area contributed by atoms with E-state index < -0.39 is 5.97 Å². The van der Waals surface area contributed by atoms with E-state index in [4.69, 9.17) is 5.11 Å². The Morgan fingerprint density at radius 1 is 1.04 bits per heavy atom. The molecule has 0 bridgehead atoms. The molecule has 0 unspecified atom stereocenters. The van der Waals surface area contributed by atoms with Crippen LogP contribution < -0.4 is 0 Å². The van der Waals surface area contributed by atoms with E-state index in [-0.39, 0.29) is 0 Å². The zero-order valence-corrected chi connectivity index (χ0v) is 14.1. The summed E-state index contributed by atoms with van der Waals surface area (Å²) >= 11 is 0. The lowest BCUT2D eigenvalue weighted by atomic mass is 10.1. The number of benzene rings is 1. The van der Waals surface area contributed by atoms with Gasteiger partial charge in [-0.1, -0.05) is 56.9 Å². The largest absolute Gasteiger partial charge is 0.478 e. The predicted octanol–water partition coefficient (Wildman–Crippen LogP) is 4.75. The Morgan fingerprint density at radius 3 is 2.33 bits per heavy atom. The summed E-state index contributed by atoms with van der Waals surface area (Å²) in [5.74, 6) is -0.258. The fourth-order valence-corrected chi connectivity index (χ4v) is 2.48. The first kappa shape index (κ1) is 17.9. The Hall–Kier alpha value is -2.49. The first-order chi connectivity index (χ1) is 11.7. The van der Waals surface area contributed by atoms with Crippen LogP contribution in [-0.4, -0.2) is 21.0 Å². The summed E-state index contributed by atoms with van der Waals surface area (Å²) < 4.78 is 0. The van der Waals surface area contributed by atoms with Crippen molar-refractivity contribution in [1.29, 1.82) is 0 Å². The van der Waals surface area contributed by atoms with Crippen LogP contribution in [0.25, 0.3) is 17.5 Å². The molecule has 2 rings (SSSR count). The molecule has 4 nitrogen and oxygen atoms in total. The van der Waals surface area contributed by atoms with Gasteiger partial charge >= 0.3 is 5.97 Å². The van der Waals surface area contributed by atoms with Crippen molar-refractivity contribution >= 4 is 12.0 Å². The third-order valence-corrected chi connectivity index (χ3v) is 3.86. The van der Waals surface area contributed by atoms with Gasteiger partial charge in [0, 0.05) is 24.0 Å². The van der Waals surface area contributed by atoms with E-state index in [1.165, 1.54) is 37.7 Å². The SMILES string of the molecule is CCCCCCCc1cnc(-c2ccc(C=CC(=O)O)cc2)nc1. The van der Waals surface area contributed by atoms with Crippen LogP contribution in [0.4, 0.5) is 0 Å². The number of aliphatic carboxylic acids is 1. The third-order valence-electron chi connectivity index (χ3n) is 3.86. The van der Waals surface area contributed by atoms with E-state index in [0.29, 0.717) is 5.82 Å². The minimum atomic E-state index is -0.951. The molecule has 24 heavy (non-hydrogen) atoms. The molecule has 0 saturated heterocycles. The number of carbonyl (C=O) groups is 1. The zero-order valence-electron chi connectivity index (χ0n) is 14.1. The Balaban J connectivity index is 1.91. The standard InChI is InChI=1S/C20H24N2O2/c1-2-3-4-5-6-7-17-14-21-20(22-15-17)18-11-8-16(9-12-18)10-13-19(23)24/h8-15H,2-7H2,1H3,(H,23,24). The molecule has 1 aromatic carbocycles. The van der Waals surface area contributed by atoms with Crippen LogP contribution in [0.15, 0.2) is 42.7 Å². The second kappa shape index (κ2) is 9.60. The van der Waals surface area contributed by atoms with Gasteiger partial charge in [0.2, 0.25) is 0 Å². The van der Waals surface area contributed by atoms with E-state index in [0.717, 1.165) is 23.6 Å². The van der Waals surface area contributed by atoms with Crippen molar-refractivity contribution in [3.05, 3.63) is 53.9 Å². The molecule has 0 atom stereocenters. The van der Waals surface area contributed by atoms with E-state index in [9.17, 15) is 4.79 Å². The van der Waals surface area contributed by atoms with Crippen LogP contribution in [0.2, 0.25) is 0 Å². The van der Waals surface area contributed by atoms with Gasteiger partial charge in [-0.3, -0.25) is 0 Å². The first-order valence-corrected chi connectivity index (χ1v) is 8.51. The lowest BCUT2D eigenvalue weighted by Crippen LogP contribution is -1.93. The van der Waals surface area contributed by atoms with Gasteiger partial charge in [-0.05, 0) is 30.0 Å². The summed E-state index contributed by atoms with van der Waals surface area (Å²) in [4.78, 5) is 19.4. The van der Waals surface area contributed by atoms with Gasteiger partial charge in [0.05, 0.1) is 0 Å². The fourth-order valence-electron chi connectivity index (χ4n) is 2.48. The molecule has 0 aliphatic rings. The number of carboxylic acid groups (broad SMARTS) is 1. The molecule has 0 aliphatic carbocycles. The number of carboxylic acids is 1. The lowest BCUT2D eigenvalue weighted by molar-refractivity contribution is -0.131. The highest BCUT2D eigenvalue weighted by atomic mass is 16.4. The molecule has 0 saturated carbocycles. The Morgan fingerprint density at radius 2 is 1.71 bits per heavy atom. The highest BCUT2D eigenvalue weighted by Crippen LogP contribution is 2.17. The molecular weight excluding hydrogens is 300 g/mol. The number of aromatic nitrogens is 2. The second-order valence-corrected chi connectivity index (χ2v) is 5.87. The van der Waals surface area contributed by atoms with Crippen molar-refractivity contribution < 1.29 is 9.90 Å². The van der Waals surface area contributed by atoms with Crippen LogP contribution in [-0.2, 0) is 11.2 Å². The summed E-state index contributed by atoms with van der Waals surface area (Å²) in [6.07, 6.45) is 13.9. The molecule has 2 aromatic rings. The summed E-state index contributed by atoms with van der Waals surface area (Å²) in [5.41, 5.74) is 2.94. The van der Waals surface area contributed by atoms with Crippen molar-refractivity contribution in [3.63, 3.8) is 0 Å². The molecular formula is C20H24N2O2. The highest BCUT2D eigenvalue weighted by molar-refractivity contribution is 5.85. The summed E-state index contributed by atoms with van der Waals surface area (Å²) in [5, 5.41) is 8.63. The monoisotopic (exact) mass is 324 g/mol. The molecule has 4 heteroatoms. The minimum absolute atomic E-state index is 0.693. The van der Waals surface area contributed by atoms with Gasteiger partial charge in [-0.15, -0.1) is 0 Å². The van der Waals surface area contributed by atoms with Crippen LogP contribution in [0.5, 0.6) is 0 Å². The van der Waals surface area contributed by atoms with Crippen LogP contribution in [0.3, 0.4) is 0 Å². The van der Waals surface area contributed by atoms with Crippen LogP contribution in [0, 0.1) is 0 Å². The maximum Gasteiger partial charge on any atom is 0.328 e. The molecule has 1 heterocycles. The number of rotatable bonds is 9. The average molecular weight is 324 g/mol. The van der Waals surface area contributed by atoms with Gasteiger partial charge < -0.3 is 5.11 Å². The number of nitrogens with zero attached hydrogens (tertiary/aromatic N) is 2. The Kier molecular flexibility index (Phi) is 7.15. The van der Waals surface area contributed by atoms with Gasteiger partial charge in [0.15, 0.2) is 5.82 Å². The number of hydrogen-bond acceptors (Lipinski definition) is 3. The van der Waals surface area contributed by atoms with Gasteiger partial charge in [-0.2, -0.15) is 0 Å². The topological polar surface area (TPSA) is 63.1 Å². The average Bonchev–Trinajstić information content (AvgIpc) is 2.61. The molecule has 0 aliphatic heterocycles. The van der Waals surface area contributed by atoms with Gasteiger partial charge in [0.1, 0.15) is 0 Å². The summed E-state index contributed by atoms with van der Waals surface area (Å²) in [6, 6.07) is 7.53. The minimum Gasteiger partial charge on any atom is -0.478 e. The van der Waals surface area contributed by atoms with Crippen molar-refractivity contribution in [2.24, 2.45) is 0 Å². The van der Waals surface area contributed by atoms with E-state index >= 15 is 0 Å². The zero-order chi connectivity index (χ0) is 17.2. The highest BCUT2D eigenvalue weighted by Gasteiger charge is 2.02. The van der Waals surface area contributed by atoms with Crippen molar-refractivity contribution in [2.75, 3.05) is 0 Å². The summed E-state index contributed by atoms with van der Waals surface area (Å²) in [6.45, 7) is 2.22. The quantitative estimate of drug-likeness (QED) is 0.534.